The molecule has 0 aromatic carbocycles. The molecule has 21 heavy (non-hydrogen) atoms. The topological polar surface area (TPSA) is 66.3 Å². The third-order valence-electron chi connectivity index (χ3n) is 3.84. The van der Waals surface area contributed by atoms with E-state index in [0.29, 0.717) is 12.8 Å². The molecule has 1 aliphatic heterocycles. The van der Waals surface area contributed by atoms with Crippen molar-refractivity contribution in [1.82, 2.24) is 9.97 Å². The Morgan fingerprint density at radius 2 is 2.14 bits per heavy atom. The molecule has 110 valence electrons. The lowest BCUT2D eigenvalue weighted by atomic mass is 9.96. The number of carboxylic acid groups (broad SMARTS) is 1. The summed E-state index contributed by atoms with van der Waals surface area (Å²) in [5.41, 5.74) is 2.13. The first-order valence-corrected chi connectivity index (χ1v) is 7.81. The summed E-state index contributed by atoms with van der Waals surface area (Å²) in [6.07, 6.45) is 6.87. The van der Waals surface area contributed by atoms with Crippen molar-refractivity contribution in [3.8, 4) is 10.6 Å². The van der Waals surface area contributed by atoms with Crippen molar-refractivity contribution in [3.05, 3.63) is 29.5 Å². The molecule has 6 heteroatoms. The molecule has 1 fully saturated rings. The van der Waals surface area contributed by atoms with Crippen molar-refractivity contribution in [2.45, 2.75) is 19.8 Å². The minimum absolute atomic E-state index is 0.219. The molecule has 1 saturated heterocycles. The second kappa shape index (κ2) is 5.81. The number of aryl methyl sites for hydroxylation is 1. The Morgan fingerprint density at radius 1 is 1.38 bits per heavy atom. The highest BCUT2D eigenvalue weighted by molar-refractivity contribution is 7.15. The van der Waals surface area contributed by atoms with E-state index in [1.54, 1.807) is 17.5 Å². The molecule has 0 unspecified atom stereocenters. The monoisotopic (exact) mass is 303 g/mol. The van der Waals surface area contributed by atoms with Crippen LogP contribution < -0.4 is 4.90 Å². The number of carboxylic acids is 1. The number of rotatable bonds is 3. The summed E-state index contributed by atoms with van der Waals surface area (Å²) in [7, 11) is 0. The molecule has 1 N–H and O–H groups in total. The first-order valence-electron chi connectivity index (χ1n) is 6.99. The van der Waals surface area contributed by atoms with Crippen LogP contribution >= 0.6 is 11.3 Å². The summed E-state index contributed by atoms with van der Waals surface area (Å²) in [5.74, 6) is -0.903. The zero-order valence-corrected chi connectivity index (χ0v) is 12.6. The fraction of sp³-hybridized carbons (Fsp3) is 0.400. The fourth-order valence-electron chi connectivity index (χ4n) is 2.67. The highest BCUT2D eigenvalue weighted by Crippen LogP contribution is 2.34. The number of aromatic nitrogens is 2. The number of piperidine rings is 1. The van der Waals surface area contributed by atoms with E-state index in [9.17, 15) is 4.79 Å². The van der Waals surface area contributed by atoms with Crippen LogP contribution in [0, 0.1) is 12.8 Å². The average molecular weight is 303 g/mol. The molecule has 3 heterocycles. The van der Waals surface area contributed by atoms with Crippen LogP contribution in [0.1, 0.15) is 17.7 Å². The number of hydrogen-bond acceptors (Lipinski definition) is 5. The van der Waals surface area contributed by atoms with Crippen molar-refractivity contribution in [2.75, 3.05) is 18.0 Å². The van der Waals surface area contributed by atoms with Crippen molar-refractivity contribution in [3.63, 3.8) is 0 Å². The van der Waals surface area contributed by atoms with Crippen LogP contribution in [0.25, 0.3) is 10.6 Å². The zero-order chi connectivity index (χ0) is 14.8. The van der Waals surface area contributed by atoms with Gasteiger partial charge in [0.05, 0.1) is 17.8 Å². The molecular formula is C15H17N3O2S. The Kier molecular flexibility index (Phi) is 3.88. The number of aliphatic carboxylic acids is 1. The van der Waals surface area contributed by atoms with Gasteiger partial charge in [-0.2, -0.15) is 0 Å². The van der Waals surface area contributed by atoms with E-state index >= 15 is 0 Å². The molecule has 0 bridgehead atoms. The van der Waals surface area contributed by atoms with Crippen LogP contribution in [-0.4, -0.2) is 34.1 Å². The van der Waals surface area contributed by atoms with Gasteiger partial charge in [-0.15, -0.1) is 11.3 Å². The van der Waals surface area contributed by atoms with Crippen molar-refractivity contribution < 1.29 is 9.90 Å². The van der Waals surface area contributed by atoms with Crippen LogP contribution in [0.4, 0.5) is 5.69 Å². The fourth-order valence-corrected chi connectivity index (χ4v) is 3.46. The number of anilines is 1. The summed E-state index contributed by atoms with van der Waals surface area (Å²) in [6.45, 7) is 3.54. The van der Waals surface area contributed by atoms with Crippen molar-refractivity contribution >= 4 is 23.0 Å². The quantitative estimate of drug-likeness (QED) is 0.944. The van der Waals surface area contributed by atoms with Crippen LogP contribution in [0.5, 0.6) is 0 Å². The average Bonchev–Trinajstić information content (AvgIpc) is 2.94. The summed E-state index contributed by atoms with van der Waals surface area (Å²) in [6, 6.07) is 1.98. The van der Waals surface area contributed by atoms with Gasteiger partial charge in [-0.3, -0.25) is 9.78 Å². The number of carbonyl (C=O) groups is 1. The van der Waals surface area contributed by atoms with Gasteiger partial charge in [-0.1, -0.05) is 0 Å². The number of pyridine rings is 1. The summed E-state index contributed by atoms with van der Waals surface area (Å²) >= 11 is 1.66. The predicted octanol–water partition coefficient (Wildman–Crippen LogP) is 2.81. The maximum Gasteiger partial charge on any atom is 0.306 e. The molecule has 3 rings (SSSR count). The molecule has 0 radical (unpaired) electrons. The van der Waals surface area contributed by atoms with Gasteiger partial charge in [0.1, 0.15) is 5.01 Å². The Labute approximate surface area is 127 Å². The van der Waals surface area contributed by atoms with E-state index in [1.165, 1.54) is 4.88 Å². The normalized spacial score (nSPS) is 16.1. The third kappa shape index (κ3) is 2.90. The molecule has 2 aromatic rings. The SMILES string of the molecule is Cc1cnc(-c2ccncc2N2CCC(C(=O)O)CC2)s1. The zero-order valence-electron chi connectivity index (χ0n) is 11.8. The molecular weight excluding hydrogens is 286 g/mol. The molecule has 5 nitrogen and oxygen atoms in total. The van der Waals surface area contributed by atoms with Gasteiger partial charge >= 0.3 is 5.97 Å². The molecule has 2 aromatic heterocycles. The standard InChI is InChI=1S/C15H17N3O2S/c1-10-8-17-14(21-10)12-2-5-16-9-13(12)18-6-3-11(4-7-18)15(19)20/h2,5,8-9,11H,3-4,6-7H2,1H3,(H,19,20). The maximum absolute atomic E-state index is 11.0. The molecule has 0 spiro atoms. The van der Waals surface area contributed by atoms with Crippen LogP contribution in [-0.2, 0) is 4.79 Å². The van der Waals surface area contributed by atoms with Crippen LogP contribution in [0.3, 0.4) is 0 Å². The molecule has 0 saturated carbocycles. The third-order valence-corrected chi connectivity index (χ3v) is 4.78. The minimum Gasteiger partial charge on any atom is -0.481 e. The van der Waals surface area contributed by atoms with Crippen molar-refractivity contribution in [2.24, 2.45) is 5.92 Å². The van der Waals surface area contributed by atoms with Crippen LogP contribution in [0.2, 0.25) is 0 Å². The van der Waals surface area contributed by atoms with Gasteiger partial charge in [0.15, 0.2) is 0 Å². The first-order chi connectivity index (χ1) is 10.1. The van der Waals surface area contributed by atoms with E-state index in [4.69, 9.17) is 5.11 Å². The number of thiazole rings is 1. The van der Waals surface area contributed by atoms with Gasteiger partial charge in [-0.05, 0) is 25.8 Å². The second-order valence-electron chi connectivity index (χ2n) is 5.27. The van der Waals surface area contributed by atoms with Crippen molar-refractivity contribution in [1.29, 1.82) is 0 Å². The number of nitrogens with zero attached hydrogens (tertiary/aromatic N) is 3. The van der Waals surface area contributed by atoms with Gasteiger partial charge in [0, 0.05) is 35.9 Å². The lowest BCUT2D eigenvalue weighted by Gasteiger charge is -2.32. The molecule has 0 atom stereocenters. The minimum atomic E-state index is -0.684. The summed E-state index contributed by atoms with van der Waals surface area (Å²) in [5, 5.41) is 10.1. The molecule has 0 amide bonds. The Balaban J connectivity index is 1.85. The van der Waals surface area contributed by atoms with E-state index in [-0.39, 0.29) is 5.92 Å². The smallest absolute Gasteiger partial charge is 0.306 e. The van der Waals surface area contributed by atoms with E-state index < -0.39 is 5.97 Å². The second-order valence-corrected chi connectivity index (χ2v) is 6.50. The number of hydrogen-bond donors (Lipinski definition) is 1. The van der Waals surface area contributed by atoms with Gasteiger partial charge in [0.25, 0.3) is 0 Å². The van der Waals surface area contributed by atoms with Crippen LogP contribution in [0.15, 0.2) is 24.7 Å². The van der Waals surface area contributed by atoms with Gasteiger partial charge in [-0.25, -0.2) is 4.98 Å². The highest BCUT2D eigenvalue weighted by Gasteiger charge is 2.26. The highest BCUT2D eigenvalue weighted by atomic mass is 32.1. The lowest BCUT2D eigenvalue weighted by molar-refractivity contribution is -0.142. The Morgan fingerprint density at radius 3 is 2.76 bits per heavy atom. The van der Waals surface area contributed by atoms with Gasteiger partial charge < -0.3 is 10.0 Å². The summed E-state index contributed by atoms with van der Waals surface area (Å²) in [4.78, 5) is 23.1. The van der Waals surface area contributed by atoms with E-state index in [0.717, 1.165) is 29.3 Å². The molecule has 0 aliphatic carbocycles. The Bertz CT molecular complexity index is 648. The van der Waals surface area contributed by atoms with E-state index in [2.05, 4.69) is 14.9 Å². The largest absolute Gasteiger partial charge is 0.481 e. The van der Waals surface area contributed by atoms with E-state index in [1.807, 2.05) is 25.4 Å². The lowest BCUT2D eigenvalue weighted by Crippen LogP contribution is -2.36. The Hall–Kier alpha value is -1.95. The predicted molar refractivity (Wildman–Crippen MR) is 82.7 cm³/mol. The maximum atomic E-state index is 11.0. The molecule has 1 aliphatic rings. The first kappa shape index (κ1) is 14.0. The summed E-state index contributed by atoms with van der Waals surface area (Å²) < 4.78 is 0. The van der Waals surface area contributed by atoms with Gasteiger partial charge in [0.2, 0.25) is 0 Å².